The molecule has 0 radical (unpaired) electrons. The van der Waals surface area contributed by atoms with E-state index in [0.29, 0.717) is 18.5 Å². The number of carbonyl (C=O) groups excluding carboxylic acids is 1. The number of amides is 1. The van der Waals surface area contributed by atoms with E-state index < -0.39 is 5.97 Å². The van der Waals surface area contributed by atoms with E-state index in [-0.39, 0.29) is 12.3 Å². The van der Waals surface area contributed by atoms with Crippen molar-refractivity contribution < 1.29 is 19.4 Å². The number of carboxylic acids is 1. The molecule has 3 aromatic carbocycles. The molecule has 0 saturated carbocycles. The van der Waals surface area contributed by atoms with Gasteiger partial charge in [0.2, 0.25) is 0 Å². The molecular weight excluding hydrogens is 354 g/mol. The molecule has 0 unspecified atom stereocenters. The molecule has 1 amide bonds. The van der Waals surface area contributed by atoms with Crippen molar-refractivity contribution in [1.82, 2.24) is 5.32 Å². The highest BCUT2D eigenvalue weighted by molar-refractivity contribution is 5.94. The first-order valence-corrected chi connectivity index (χ1v) is 9.05. The number of para-hydroxylation sites is 1. The first-order chi connectivity index (χ1) is 13.6. The topological polar surface area (TPSA) is 75.6 Å². The zero-order valence-corrected chi connectivity index (χ0v) is 15.3. The number of carboxylic acid groups (broad SMARTS) is 1. The zero-order chi connectivity index (χ0) is 19.8. The zero-order valence-electron chi connectivity index (χ0n) is 15.3. The maximum Gasteiger partial charge on any atom is 0.303 e. The van der Waals surface area contributed by atoms with Crippen LogP contribution in [0.3, 0.4) is 0 Å². The van der Waals surface area contributed by atoms with Crippen LogP contribution in [0.15, 0.2) is 78.9 Å². The van der Waals surface area contributed by atoms with E-state index in [4.69, 9.17) is 9.84 Å². The van der Waals surface area contributed by atoms with E-state index in [9.17, 15) is 9.59 Å². The Balaban J connectivity index is 1.58. The molecule has 0 aliphatic carbocycles. The second kappa shape index (κ2) is 9.37. The molecule has 142 valence electrons. The lowest BCUT2D eigenvalue weighted by molar-refractivity contribution is -0.137. The molecule has 3 rings (SSSR count). The highest BCUT2D eigenvalue weighted by Gasteiger charge is 2.06. The van der Waals surface area contributed by atoms with Gasteiger partial charge in [-0.3, -0.25) is 9.59 Å². The van der Waals surface area contributed by atoms with E-state index in [2.05, 4.69) is 5.32 Å². The number of carbonyl (C=O) groups is 2. The van der Waals surface area contributed by atoms with Crippen LogP contribution in [0.5, 0.6) is 11.5 Å². The van der Waals surface area contributed by atoms with Gasteiger partial charge < -0.3 is 15.2 Å². The third-order valence-corrected chi connectivity index (χ3v) is 4.17. The number of aliphatic carboxylic acids is 1. The maximum atomic E-state index is 12.1. The molecule has 0 spiro atoms. The highest BCUT2D eigenvalue weighted by atomic mass is 16.5. The predicted molar refractivity (Wildman–Crippen MR) is 108 cm³/mol. The average molecular weight is 375 g/mol. The van der Waals surface area contributed by atoms with E-state index in [0.717, 1.165) is 22.6 Å². The second-order valence-corrected chi connectivity index (χ2v) is 6.27. The van der Waals surface area contributed by atoms with E-state index in [1.807, 2.05) is 66.7 Å². The van der Waals surface area contributed by atoms with Crippen molar-refractivity contribution in [2.45, 2.75) is 12.8 Å². The van der Waals surface area contributed by atoms with Crippen LogP contribution < -0.4 is 10.1 Å². The monoisotopic (exact) mass is 375 g/mol. The van der Waals surface area contributed by atoms with Gasteiger partial charge in [-0.1, -0.05) is 42.5 Å². The molecule has 5 nitrogen and oxygen atoms in total. The lowest BCUT2D eigenvalue weighted by Gasteiger charge is -2.08. The van der Waals surface area contributed by atoms with Crippen LogP contribution in [0.1, 0.15) is 23.2 Å². The highest BCUT2D eigenvalue weighted by Crippen LogP contribution is 2.26. The summed E-state index contributed by atoms with van der Waals surface area (Å²) in [6.45, 7) is 0.343. The predicted octanol–water partition coefficient (Wildman–Crippen LogP) is 4.74. The number of ether oxygens (including phenoxy) is 1. The minimum atomic E-state index is -0.862. The van der Waals surface area contributed by atoms with Crippen LogP contribution in [0.4, 0.5) is 0 Å². The largest absolute Gasteiger partial charge is 0.481 e. The number of nitrogens with one attached hydrogen (secondary N) is 1. The van der Waals surface area contributed by atoms with Crippen molar-refractivity contribution in [1.29, 1.82) is 0 Å². The van der Waals surface area contributed by atoms with E-state index >= 15 is 0 Å². The Kier molecular flexibility index (Phi) is 6.41. The Labute approximate surface area is 163 Å². The van der Waals surface area contributed by atoms with Gasteiger partial charge in [0.05, 0.1) is 0 Å². The number of hydrogen-bond acceptors (Lipinski definition) is 3. The molecule has 3 aromatic rings. The molecule has 0 fully saturated rings. The van der Waals surface area contributed by atoms with Crippen molar-refractivity contribution in [3.05, 3.63) is 84.4 Å². The van der Waals surface area contributed by atoms with Crippen LogP contribution in [0, 0.1) is 0 Å². The number of hydrogen-bond donors (Lipinski definition) is 2. The van der Waals surface area contributed by atoms with Crippen LogP contribution in [0.25, 0.3) is 11.1 Å². The van der Waals surface area contributed by atoms with Crippen molar-refractivity contribution >= 4 is 11.9 Å². The SMILES string of the molecule is O=C(O)CCCNC(=O)c1ccc(-c2ccc(Oc3ccccc3)cc2)cc1. The Bertz CT molecular complexity index is 919. The molecule has 5 heteroatoms. The molecular formula is C23H21NO4. The summed E-state index contributed by atoms with van der Waals surface area (Å²) in [4.78, 5) is 22.6. The van der Waals surface area contributed by atoms with Gasteiger partial charge >= 0.3 is 5.97 Å². The molecule has 2 N–H and O–H groups in total. The fraction of sp³-hybridized carbons (Fsp3) is 0.130. The van der Waals surface area contributed by atoms with E-state index in [1.165, 1.54) is 0 Å². The lowest BCUT2D eigenvalue weighted by atomic mass is 10.0. The summed E-state index contributed by atoms with van der Waals surface area (Å²) in [5.74, 6) is 0.476. The van der Waals surface area contributed by atoms with Gasteiger partial charge in [0.15, 0.2) is 0 Å². The minimum absolute atomic E-state index is 0.0448. The average Bonchev–Trinajstić information content (AvgIpc) is 2.72. The van der Waals surface area contributed by atoms with Gasteiger partial charge in [-0.15, -0.1) is 0 Å². The van der Waals surface area contributed by atoms with Crippen molar-refractivity contribution in [2.24, 2.45) is 0 Å². The molecule has 28 heavy (non-hydrogen) atoms. The van der Waals surface area contributed by atoms with Crippen LogP contribution in [0.2, 0.25) is 0 Å². The standard InChI is InChI=1S/C23H21NO4/c25-22(26)7-4-16-24-23(27)19-10-8-17(9-11-19)18-12-14-21(15-13-18)28-20-5-2-1-3-6-20/h1-3,5-6,8-15H,4,7,16H2,(H,24,27)(H,25,26). The van der Waals surface area contributed by atoms with Crippen LogP contribution in [-0.4, -0.2) is 23.5 Å². The molecule has 0 aliphatic heterocycles. The van der Waals surface area contributed by atoms with Crippen LogP contribution >= 0.6 is 0 Å². The Morgan fingerprint density at radius 1 is 0.786 bits per heavy atom. The van der Waals surface area contributed by atoms with Crippen molar-refractivity contribution in [2.75, 3.05) is 6.54 Å². The van der Waals surface area contributed by atoms with Gasteiger partial charge in [0.25, 0.3) is 5.91 Å². The quantitative estimate of drug-likeness (QED) is 0.558. The van der Waals surface area contributed by atoms with Crippen LogP contribution in [-0.2, 0) is 4.79 Å². The third-order valence-electron chi connectivity index (χ3n) is 4.17. The van der Waals surface area contributed by atoms with Gasteiger partial charge in [-0.2, -0.15) is 0 Å². The first-order valence-electron chi connectivity index (χ1n) is 9.05. The normalized spacial score (nSPS) is 10.3. The molecule has 0 saturated heterocycles. The molecule has 0 heterocycles. The fourth-order valence-corrected chi connectivity index (χ4v) is 2.70. The number of benzene rings is 3. The summed E-state index contributed by atoms with van der Waals surface area (Å²) in [7, 11) is 0. The lowest BCUT2D eigenvalue weighted by Crippen LogP contribution is -2.24. The maximum absolute atomic E-state index is 12.1. The summed E-state index contributed by atoms with van der Waals surface area (Å²) in [6, 6.07) is 24.6. The van der Waals surface area contributed by atoms with Gasteiger partial charge in [0.1, 0.15) is 11.5 Å². The molecule has 0 atom stereocenters. The smallest absolute Gasteiger partial charge is 0.303 e. The minimum Gasteiger partial charge on any atom is -0.481 e. The molecule has 0 aliphatic rings. The second-order valence-electron chi connectivity index (χ2n) is 6.27. The summed E-state index contributed by atoms with van der Waals surface area (Å²) in [5.41, 5.74) is 2.56. The molecule has 0 aromatic heterocycles. The Hall–Kier alpha value is -3.60. The van der Waals surface area contributed by atoms with Gasteiger partial charge in [0, 0.05) is 18.5 Å². The van der Waals surface area contributed by atoms with Gasteiger partial charge in [-0.05, 0) is 53.9 Å². The fourth-order valence-electron chi connectivity index (χ4n) is 2.70. The molecule has 0 bridgehead atoms. The summed E-state index contributed by atoms with van der Waals surface area (Å²) >= 11 is 0. The van der Waals surface area contributed by atoms with Crippen molar-refractivity contribution in [3.63, 3.8) is 0 Å². The van der Waals surface area contributed by atoms with Gasteiger partial charge in [-0.25, -0.2) is 0 Å². The first kappa shape index (κ1) is 19.2. The number of rotatable bonds is 8. The summed E-state index contributed by atoms with van der Waals surface area (Å²) in [6.07, 6.45) is 0.458. The summed E-state index contributed by atoms with van der Waals surface area (Å²) in [5, 5.41) is 11.3. The Morgan fingerprint density at radius 3 is 1.96 bits per heavy atom. The Morgan fingerprint density at radius 2 is 1.36 bits per heavy atom. The third kappa shape index (κ3) is 5.45. The van der Waals surface area contributed by atoms with E-state index in [1.54, 1.807) is 12.1 Å². The summed E-state index contributed by atoms with van der Waals surface area (Å²) < 4.78 is 5.79. The van der Waals surface area contributed by atoms with Crippen molar-refractivity contribution in [3.8, 4) is 22.6 Å².